The van der Waals surface area contributed by atoms with Crippen LogP contribution in [0.4, 0.5) is 0 Å². The van der Waals surface area contributed by atoms with Crippen molar-refractivity contribution >= 4 is 0 Å². The van der Waals surface area contributed by atoms with Crippen molar-refractivity contribution in [2.24, 2.45) is 11.8 Å². The molecule has 0 spiro atoms. The van der Waals surface area contributed by atoms with Crippen molar-refractivity contribution < 1.29 is 5.11 Å². The molecule has 2 N–H and O–H groups in total. The van der Waals surface area contributed by atoms with Gasteiger partial charge in [-0.3, -0.25) is 0 Å². The molecule has 102 valence electrons. The molecule has 1 aromatic rings. The fourth-order valence-corrected chi connectivity index (χ4v) is 2.03. The molecule has 1 unspecified atom stereocenters. The van der Waals surface area contributed by atoms with Crippen LogP contribution >= 0.6 is 0 Å². The zero-order valence-electron chi connectivity index (χ0n) is 11.9. The molecule has 0 radical (unpaired) electrons. The molecule has 18 heavy (non-hydrogen) atoms. The summed E-state index contributed by atoms with van der Waals surface area (Å²) in [5.41, 5.74) is 2.73. The Kier molecular flexibility index (Phi) is 6.99. The van der Waals surface area contributed by atoms with Crippen molar-refractivity contribution in [1.29, 1.82) is 0 Å². The lowest BCUT2D eigenvalue weighted by atomic mass is 9.97. The Morgan fingerprint density at radius 2 is 1.72 bits per heavy atom. The molecule has 0 fully saturated rings. The second-order valence-electron chi connectivity index (χ2n) is 5.38. The van der Waals surface area contributed by atoms with E-state index in [0.717, 1.165) is 19.5 Å². The molecule has 0 aromatic heterocycles. The first-order valence-corrected chi connectivity index (χ1v) is 7.06. The van der Waals surface area contributed by atoms with E-state index in [9.17, 15) is 5.11 Å². The third kappa shape index (κ3) is 5.19. The van der Waals surface area contributed by atoms with Gasteiger partial charge in [0.2, 0.25) is 0 Å². The standard InChI is InChI=1S/C16H27NO/c1-4-5-14-6-8-15(9-7-14)10-17-11-16(12-18)13(2)3/h6-9,13,16-18H,4-5,10-12H2,1-3H3. The number of hydrogen-bond donors (Lipinski definition) is 2. The molecule has 2 heteroatoms. The molecule has 0 saturated heterocycles. The minimum Gasteiger partial charge on any atom is -0.396 e. The van der Waals surface area contributed by atoms with E-state index in [1.54, 1.807) is 0 Å². The summed E-state index contributed by atoms with van der Waals surface area (Å²) in [5, 5.41) is 12.7. The second-order valence-corrected chi connectivity index (χ2v) is 5.38. The molecule has 1 atom stereocenters. The van der Waals surface area contributed by atoms with E-state index in [1.807, 2.05) is 0 Å². The quantitative estimate of drug-likeness (QED) is 0.742. The number of hydrogen-bond acceptors (Lipinski definition) is 2. The van der Waals surface area contributed by atoms with Crippen LogP contribution in [0.25, 0.3) is 0 Å². The van der Waals surface area contributed by atoms with Crippen molar-refractivity contribution in [2.75, 3.05) is 13.2 Å². The summed E-state index contributed by atoms with van der Waals surface area (Å²) in [5.74, 6) is 0.874. The zero-order valence-corrected chi connectivity index (χ0v) is 11.9. The Hall–Kier alpha value is -0.860. The molecule has 1 rings (SSSR count). The van der Waals surface area contributed by atoms with Crippen LogP contribution in [0.15, 0.2) is 24.3 Å². The largest absolute Gasteiger partial charge is 0.396 e. The number of aliphatic hydroxyl groups excluding tert-OH is 1. The molecular formula is C16H27NO. The summed E-state index contributed by atoms with van der Waals surface area (Å²) in [6.45, 7) is 8.54. The summed E-state index contributed by atoms with van der Waals surface area (Å²) >= 11 is 0. The highest BCUT2D eigenvalue weighted by Gasteiger charge is 2.10. The monoisotopic (exact) mass is 249 g/mol. The Labute approximate surface area is 111 Å². The number of rotatable bonds is 8. The van der Waals surface area contributed by atoms with Crippen LogP contribution in [0, 0.1) is 11.8 Å². The predicted molar refractivity (Wildman–Crippen MR) is 77.6 cm³/mol. The lowest BCUT2D eigenvalue weighted by molar-refractivity contribution is 0.186. The molecule has 0 aliphatic rings. The Bertz CT molecular complexity index is 318. The highest BCUT2D eigenvalue weighted by molar-refractivity contribution is 5.22. The van der Waals surface area contributed by atoms with E-state index < -0.39 is 0 Å². The van der Waals surface area contributed by atoms with Crippen molar-refractivity contribution in [3.05, 3.63) is 35.4 Å². The van der Waals surface area contributed by atoms with Gasteiger partial charge in [-0.1, -0.05) is 51.5 Å². The SMILES string of the molecule is CCCc1ccc(CNCC(CO)C(C)C)cc1. The van der Waals surface area contributed by atoms with Gasteiger partial charge in [0.1, 0.15) is 0 Å². The Balaban J connectivity index is 2.34. The van der Waals surface area contributed by atoms with Gasteiger partial charge >= 0.3 is 0 Å². The molecule has 0 aliphatic heterocycles. The van der Waals surface area contributed by atoms with E-state index in [0.29, 0.717) is 11.8 Å². The highest BCUT2D eigenvalue weighted by atomic mass is 16.3. The van der Waals surface area contributed by atoms with Gasteiger partial charge in [0.15, 0.2) is 0 Å². The maximum Gasteiger partial charge on any atom is 0.0473 e. The average Bonchev–Trinajstić information content (AvgIpc) is 2.36. The summed E-state index contributed by atoms with van der Waals surface area (Å²) in [6.07, 6.45) is 2.36. The van der Waals surface area contributed by atoms with Gasteiger partial charge < -0.3 is 10.4 Å². The van der Waals surface area contributed by atoms with Gasteiger partial charge in [-0.2, -0.15) is 0 Å². The molecule has 0 bridgehead atoms. The van der Waals surface area contributed by atoms with Gasteiger partial charge in [0, 0.05) is 19.7 Å². The minimum atomic E-state index is 0.264. The summed E-state index contributed by atoms with van der Waals surface area (Å²) in [4.78, 5) is 0. The second kappa shape index (κ2) is 8.28. The lowest BCUT2D eigenvalue weighted by Gasteiger charge is -2.18. The predicted octanol–water partition coefficient (Wildman–Crippen LogP) is 2.99. The summed E-state index contributed by atoms with van der Waals surface area (Å²) < 4.78 is 0. The molecule has 0 aliphatic carbocycles. The van der Waals surface area contributed by atoms with Gasteiger partial charge in [-0.25, -0.2) is 0 Å². The summed E-state index contributed by atoms with van der Waals surface area (Å²) in [7, 11) is 0. The van der Waals surface area contributed by atoms with Gasteiger partial charge in [-0.15, -0.1) is 0 Å². The van der Waals surface area contributed by atoms with Crippen LogP contribution in [0.1, 0.15) is 38.3 Å². The normalized spacial score (nSPS) is 12.9. The van der Waals surface area contributed by atoms with Crippen LogP contribution in [-0.2, 0) is 13.0 Å². The van der Waals surface area contributed by atoms with E-state index in [4.69, 9.17) is 0 Å². The number of aryl methyl sites for hydroxylation is 1. The highest BCUT2D eigenvalue weighted by Crippen LogP contribution is 2.10. The first-order valence-electron chi connectivity index (χ1n) is 7.06. The third-order valence-electron chi connectivity index (χ3n) is 3.47. The molecule has 0 amide bonds. The van der Waals surface area contributed by atoms with Crippen LogP contribution in [-0.4, -0.2) is 18.3 Å². The minimum absolute atomic E-state index is 0.264. The van der Waals surface area contributed by atoms with Crippen molar-refractivity contribution in [2.45, 2.75) is 40.2 Å². The van der Waals surface area contributed by atoms with Crippen LogP contribution in [0.3, 0.4) is 0 Å². The maximum absolute atomic E-state index is 9.25. The fourth-order valence-electron chi connectivity index (χ4n) is 2.03. The van der Waals surface area contributed by atoms with Gasteiger partial charge in [-0.05, 0) is 29.4 Å². The van der Waals surface area contributed by atoms with Crippen LogP contribution < -0.4 is 5.32 Å². The number of aliphatic hydroxyl groups is 1. The first kappa shape index (κ1) is 15.2. The van der Waals surface area contributed by atoms with E-state index in [-0.39, 0.29) is 6.61 Å². The van der Waals surface area contributed by atoms with Gasteiger partial charge in [0.25, 0.3) is 0 Å². The number of benzene rings is 1. The van der Waals surface area contributed by atoms with Crippen molar-refractivity contribution in [3.8, 4) is 0 Å². The molecule has 1 aromatic carbocycles. The maximum atomic E-state index is 9.25. The first-order chi connectivity index (χ1) is 8.67. The third-order valence-corrected chi connectivity index (χ3v) is 3.47. The van der Waals surface area contributed by atoms with Crippen molar-refractivity contribution in [1.82, 2.24) is 5.32 Å². The molecular weight excluding hydrogens is 222 g/mol. The Morgan fingerprint density at radius 1 is 1.11 bits per heavy atom. The molecule has 0 heterocycles. The zero-order chi connectivity index (χ0) is 13.4. The molecule has 0 saturated carbocycles. The smallest absolute Gasteiger partial charge is 0.0473 e. The van der Waals surface area contributed by atoms with E-state index >= 15 is 0 Å². The van der Waals surface area contributed by atoms with E-state index in [2.05, 4.69) is 50.4 Å². The van der Waals surface area contributed by atoms with E-state index in [1.165, 1.54) is 17.5 Å². The van der Waals surface area contributed by atoms with Crippen molar-refractivity contribution in [3.63, 3.8) is 0 Å². The Morgan fingerprint density at radius 3 is 2.22 bits per heavy atom. The lowest BCUT2D eigenvalue weighted by Crippen LogP contribution is -2.28. The fraction of sp³-hybridized carbons (Fsp3) is 0.625. The summed E-state index contributed by atoms with van der Waals surface area (Å²) in [6, 6.07) is 8.82. The molecule has 2 nitrogen and oxygen atoms in total. The number of nitrogens with one attached hydrogen (secondary N) is 1. The van der Waals surface area contributed by atoms with Gasteiger partial charge in [0.05, 0.1) is 0 Å². The van der Waals surface area contributed by atoms with Crippen LogP contribution in [0.2, 0.25) is 0 Å². The van der Waals surface area contributed by atoms with Crippen LogP contribution in [0.5, 0.6) is 0 Å². The average molecular weight is 249 g/mol. The topological polar surface area (TPSA) is 32.3 Å².